The molecule has 1 aromatic rings. The molecule has 1 atom stereocenters. The number of rotatable bonds is 7. The van der Waals surface area contributed by atoms with E-state index in [2.05, 4.69) is 6.92 Å². The van der Waals surface area contributed by atoms with E-state index >= 15 is 0 Å². The van der Waals surface area contributed by atoms with Crippen molar-refractivity contribution in [3.8, 4) is 11.5 Å². The third-order valence-corrected chi connectivity index (χ3v) is 3.08. The molecule has 0 heterocycles. The first kappa shape index (κ1) is 16.2. The molecule has 110 valence electrons. The minimum absolute atomic E-state index is 0.126. The van der Waals surface area contributed by atoms with Crippen LogP contribution in [0, 0.1) is 5.92 Å². The van der Waals surface area contributed by atoms with Crippen molar-refractivity contribution in [3.63, 3.8) is 0 Å². The molecule has 0 saturated carbocycles. The van der Waals surface area contributed by atoms with Gasteiger partial charge in [0.25, 0.3) is 0 Å². The Morgan fingerprint density at radius 3 is 2.55 bits per heavy atom. The quantitative estimate of drug-likeness (QED) is 0.434. The van der Waals surface area contributed by atoms with Crippen molar-refractivity contribution in [3.05, 3.63) is 23.8 Å². The van der Waals surface area contributed by atoms with Crippen LogP contribution in [0.25, 0.3) is 0 Å². The molecule has 0 amide bonds. The zero-order chi connectivity index (χ0) is 15.1. The van der Waals surface area contributed by atoms with Gasteiger partial charge in [-0.3, -0.25) is 9.59 Å². The van der Waals surface area contributed by atoms with Crippen LogP contribution in [0.4, 0.5) is 0 Å². The Morgan fingerprint density at radius 1 is 1.30 bits per heavy atom. The molecule has 0 unspecified atom stereocenters. The van der Waals surface area contributed by atoms with Gasteiger partial charge in [0.15, 0.2) is 5.78 Å². The topological polar surface area (TPSA) is 52.6 Å². The molecule has 0 aliphatic carbocycles. The Labute approximate surface area is 120 Å². The standard InChI is InChI=1S/C16H22O4/c1-5-6-11(2)9-16(18)20-13-7-8-15(19-4)14(10-13)12(3)17/h7-8,10-11H,5-6,9H2,1-4H3/t11-/m1/s1. The Hall–Kier alpha value is -1.84. The van der Waals surface area contributed by atoms with Gasteiger partial charge < -0.3 is 9.47 Å². The molecule has 20 heavy (non-hydrogen) atoms. The molecule has 0 radical (unpaired) electrons. The summed E-state index contributed by atoms with van der Waals surface area (Å²) in [4.78, 5) is 23.3. The lowest BCUT2D eigenvalue weighted by atomic mass is 10.0. The fourth-order valence-electron chi connectivity index (χ4n) is 2.08. The predicted molar refractivity (Wildman–Crippen MR) is 77.3 cm³/mol. The summed E-state index contributed by atoms with van der Waals surface area (Å²) in [6.07, 6.45) is 2.43. The van der Waals surface area contributed by atoms with E-state index < -0.39 is 0 Å². The Balaban J connectivity index is 2.75. The smallest absolute Gasteiger partial charge is 0.311 e. The highest BCUT2D eigenvalue weighted by molar-refractivity contribution is 5.97. The third kappa shape index (κ3) is 4.68. The maximum absolute atomic E-state index is 11.8. The molecule has 0 aliphatic rings. The SMILES string of the molecule is CCC[C@@H](C)CC(=O)Oc1ccc(OC)c(C(C)=O)c1. The van der Waals surface area contributed by atoms with E-state index in [1.807, 2.05) is 6.92 Å². The zero-order valence-electron chi connectivity index (χ0n) is 12.6. The predicted octanol–water partition coefficient (Wildman–Crippen LogP) is 3.63. The average molecular weight is 278 g/mol. The maximum atomic E-state index is 11.8. The number of hydrogen-bond donors (Lipinski definition) is 0. The Kier molecular flexibility index (Phi) is 6.22. The summed E-state index contributed by atoms with van der Waals surface area (Å²) in [6, 6.07) is 4.81. The summed E-state index contributed by atoms with van der Waals surface area (Å²) in [7, 11) is 1.50. The molecule has 1 aromatic carbocycles. The van der Waals surface area contributed by atoms with Gasteiger partial charge in [0, 0.05) is 6.42 Å². The zero-order valence-corrected chi connectivity index (χ0v) is 12.6. The lowest BCUT2D eigenvalue weighted by Crippen LogP contribution is -2.12. The van der Waals surface area contributed by atoms with Gasteiger partial charge in [-0.25, -0.2) is 0 Å². The van der Waals surface area contributed by atoms with E-state index in [0.717, 1.165) is 12.8 Å². The highest BCUT2D eigenvalue weighted by Crippen LogP contribution is 2.25. The van der Waals surface area contributed by atoms with Crippen LogP contribution in [0.3, 0.4) is 0 Å². The Bertz CT molecular complexity index is 479. The van der Waals surface area contributed by atoms with E-state index in [1.54, 1.807) is 18.2 Å². The van der Waals surface area contributed by atoms with Crippen LogP contribution in [-0.2, 0) is 4.79 Å². The molecule has 0 aliphatic heterocycles. The van der Waals surface area contributed by atoms with E-state index in [0.29, 0.717) is 29.4 Å². The fourth-order valence-corrected chi connectivity index (χ4v) is 2.08. The second-order valence-electron chi connectivity index (χ2n) is 4.99. The van der Waals surface area contributed by atoms with Gasteiger partial charge in [0.2, 0.25) is 0 Å². The summed E-state index contributed by atoms with van der Waals surface area (Å²) in [5, 5.41) is 0. The van der Waals surface area contributed by atoms with Crippen molar-refractivity contribution in [2.45, 2.75) is 40.0 Å². The number of carbonyl (C=O) groups is 2. The minimum atomic E-state index is -0.273. The van der Waals surface area contributed by atoms with E-state index in [4.69, 9.17) is 9.47 Å². The Morgan fingerprint density at radius 2 is 2.00 bits per heavy atom. The number of benzene rings is 1. The van der Waals surface area contributed by atoms with Gasteiger partial charge in [-0.05, 0) is 31.0 Å². The molecule has 0 bridgehead atoms. The first-order valence-electron chi connectivity index (χ1n) is 6.87. The first-order chi connectivity index (χ1) is 9.47. The second kappa shape index (κ2) is 7.68. The lowest BCUT2D eigenvalue weighted by Gasteiger charge is -2.11. The summed E-state index contributed by atoms with van der Waals surface area (Å²) < 4.78 is 10.4. The van der Waals surface area contributed by atoms with Gasteiger partial charge in [0.1, 0.15) is 11.5 Å². The van der Waals surface area contributed by atoms with Crippen molar-refractivity contribution >= 4 is 11.8 Å². The summed E-state index contributed by atoms with van der Waals surface area (Å²) in [5.41, 5.74) is 0.416. The molecule has 0 N–H and O–H groups in total. The monoisotopic (exact) mass is 278 g/mol. The number of ether oxygens (including phenoxy) is 2. The van der Waals surface area contributed by atoms with E-state index in [9.17, 15) is 9.59 Å². The number of Topliss-reactive ketones (excluding diaryl/α,β-unsaturated/α-hetero) is 1. The van der Waals surface area contributed by atoms with Crippen LogP contribution < -0.4 is 9.47 Å². The fraction of sp³-hybridized carbons (Fsp3) is 0.500. The molecule has 1 rings (SSSR count). The van der Waals surface area contributed by atoms with Gasteiger partial charge in [-0.1, -0.05) is 26.7 Å². The van der Waals surface area contributed by atoms with Crippen molar-refractivity contribution in [1.29, 1.82) is 0 Å². The van der Waals surface area contributed by atoms with Crippen LogP contribution in [0.1, 0.15) is 50.4 Å². The number of hydrogen-bond acceptors (Lipinski definition) is 4. The second-order valence-corrected chi connectivity index (χ2v) is 4.99. The maximum Gasteiger partial charge on any atom is 0.311 e. The highest BCUT2D eigenvalue weighted by Gasteiger charge is 2.14. The molecule has 4 heteroatoms. The van der Waals surface area contributed by atoms with Crippen LogP contribution >= 0.6 is 0 Å². The third-order valence-electron chi connectivity index (χ3n) is 3.08. The van der Waals surface area contributed by atoms with Crippen LogP contribution in [0.2, 0.25) is 0 Å². The molecule has 4 nitrogen and oxygen atoms in total. The van der Waals surface area contributed by atoms with Crippen LogP contribution in [0.5, 0.6) is 11.5 Å². The van der Waals surface area contributed by atoms with E-state index in [1.165, 1.54) is 14.0 Å². The van der Waals surface area contributed by atoms with Crippen molar-refractivity contribution in [1.82, 2.24) is 0 Å². The molecular formula is C16H22O4. The summed E-state index contributed by atoms with van der Waals surface area (Å²) in [5.74, 6) is 0.768. The number of carbonyl (C=O) groups excluding carboxylic acids is 2. The molecule has 0 saturated heterocycles. The number of esters is 1. The molecule has 0 spiro atoms. The van der Waals surface area contributed by atoms with Crippen LogP contribution in [0.15, 0.2) is 18.2 Å². The van der Waals surface area contributed by atoms with Crippen molar-refractivity contribution in [2.75, 3.05) is 7.11 Å². The molecule has 0 fully saturated rings. The van der Waals surface area contributed by atoms with E-state index in [-0.39, 0.29) is 11.8 Å². The number of ketones is 1. The minimum Gasteiger partial charge on any atom is -0.496 e. The van der Waals surface area contributed by atoms with Gasteiger partial charge in [0.05, 0.1) is 12.7 Å². The largest absolute Gasteiger partial charge is 0.496 e. The van der Waals surface area contributed by atoms with Gasteiger partial charge in [-0.15, -0.1) is 0 Å². The normalized spacial score (nSPS) is 11.8. The first-order valence-corrected chi connectivity index (χ1v) is 6.87. The van der Waals surface area contributed by atoms with Gasteiger partial charge >= 0.3 is 5.97 Å². The summed E-state index contributed by atoms with van der Waals surface area (Å²) in [6.45, 7) is 5.57. The van der Waals surface area contributed by atoms with Gasteiger partial charge in [-0.2, -0.15) is 0 Å². The molecular weight excluding hydrogens is 256 g/mol. The van der Waals surface area contributed by atoms with Crippen molar-refractivity contribution < 1.29 is 19.1 Å². The highest BCUT2D eigenvalue weighted by atomic mass is 16.5. The summed E-state index contributed by atoms with van der Waals surface area (Å²) >= 11 is 0. The average Bonchev–Trinajstić information content (AvgIpc) is 2.38. The number of methoxy groups -OCH3 is 1. The van der Waals surface area contributed by atoms with Crippen LogP contribution in [-0.4, -0.2) is 18.9 Å². The van der Waals surface area contributed by atoms with Crippen molar-refractivity contribution in [2.24, 2.45) is 5.92 Å². The molecule has 0 aromatic heterocycles. The lowest BCUT2D eigenvalue weighted by molar-refractivity contribution is -0.135.